The van der Waals surface area contributed by atoms with Gasteiger partial charge in [0.2, 0.25) is 0 Å². The van der Waals surface area contributed by atoms with E-state index < -0.39 is 0 Å². The molecule has 0 nitrogen and oxygen atoms in total. The second-order valence-corrected chi connectivity index (χ2v) is 35.5. The highest BCUT2D eigenvalue weighted by atomic mass is 14.4. The van der Waals surface area contributed by atoms with E-state index in [-0.39, 0.29) is 65.0 Å². The minimum Gasteiger partial charge on any atom is -0.0919 e. The summed E-state index contributed by atoms with van der Waals surface area (Å²) >= 11 is 0. The minimum absolute atomic E-state index is 0.0279. The summed E-state index contributed by atoms with van der Waals surface area (Å²) in [5.41, 5.74) is 18.8. The quantitative estimate of drug-likeness (QED) is 0.142. The molecule has 4 aromatic carbocycles. The molecule has 0 amide bonds. The van der Waals surface area contributed by atoms with Gasteiger partial charge in [-0.1, -0.05) is 405 Å². The molecule has 0 heteroatoms. The smallest absolute Gasteiger partial charge is 0.0320 e. The molecule has 0 aromatic heterocycles. The first-order valence-electron chi connectivity index (χ1n) is 34.5. The highest BCUT2D eigenvalue weighted by molar-refractivity contribution is 5.63. The van der Waals surface area contributed by atoms with Crippen LogP contribution >= 0.6 is 0 Å². The molecule has 0 unspecified atom stereocenters. The lowest BCUT2D eigenvalue weighted by Gasteiger charge is -2.36. The molecule has 0 aliphatic heterocycles. The van der Waals surface area contributed by atoms with Gasteiger partial charge in [0.15, 0.2) is 0 Å². The van der Waals surface area contributed by atoms with Crippen molar-refractivity contribution in [2.45, 2.75) is 353 Å². The van der Waals surface area contributed by atoms with Crippen LogP contribution in [0, 0.1) is 28.1 Å². The van der Waals surface area contributed by atoms with E-state index in [0.29, 0.717) is 0 Å². The molecule has 0 saturated heterocycles. The van der Waals surface area contributed by atoms with Crippen LogP contribution in [0.5, 0.6) is 0 Å². The molecule has 0 atom stereocenters. The molecule has 0 fully saturated rings. The summed E-state index contributed by atoms with van der Waals surface area (Å²) in [6.45, 7) is 97.8. The van der Waals surface area contributed by atoms with Crippen molar-refractivity contribution in [3.8, 4) is 11.8 Å². The van der Waals surface area contributed by atoms with Gasteiger partial charge in [-0.2, -0.15) is 0 Å². The average molecular weight is 1210 g/mol. The van der Waals surface area contributed by atoms with E-state index in [1.54, 1.807) is 0 Å². The van der Waals surface area contributed by atoms with Crippen LogP contribution < -0.4 is 0 Å². The Bertz CT molecular complexity index is 2630. The van der Waals surface area contributed by atoms with E-state index in [1.165, 1.54) is 66.8 Å². The summed E-state index contributed by atoms with van der Waals surface area (Å²) < 4.78 is 0. The van der Waals surface area contributed by atoms with Gasteiger partial charge in [-0.3, -0.25) is 0 Å². The van der Waals surface area contributed by atoms with Crippen LogP contribution in [0.3, 0.4) is 0 Å². The lowest BCUT2D eigenvalue weighted by atomic mass is 9.69. The zero-order valence-electron chi connectivity index (χ0n) is 67.4. The van der Waals surface area contributed by atoms with E-state index in [4.69, 9.17) is 0 Å². The van der Waals surface area contributed by atoms with Gasteiger partial charge in [0.05, 0.1) is 0 Å². The third-order valence-corrected chi connectivity index (χ3v) is 13.8. The van der Waals surface area contributed by atoms with Crippen LogP contribution in [0.4, 0.5) is 0 Å². The van der Waals surface area contributed by atoms with Crippen molar-refractivity contribution >= 4 is 12.2 Å². The molecule has 0 N–H and O–H groups in total. The maximum atomic E-state index is 3.48. The summed E-state index contributed by atoms with van der Waals surface area (Å²) in [5.74, 6) is 6.90. The molecule has 0 spiro atoms. The number of hydrogen-bond donors (Lipinski definition) is 0. The summed E-state index contributed by atoms with van der Waals surface area (Å²) in [6, 6.07) is 26.9. The van der Waals surface area contributed by atoms with Crippen molar-refractivity contribution in [3.05, 3.63) is 164 Å². The van der Waals surface area contributed by atoms with Gasteiger partial charge in [-0.25, -0.2) is 0 Å². The Hall–Kier alpha value is -4.34. The monoisotopic (exact) mass is 1210 g/mol. The van der Waals surface area contributed by atoms with Crippen LogP contribution in [0.1, 0.15) is 371 Å². The van der Waals surface area contributed by atoms with Gasteiger partial charge in [-0.15, -0.1) is 0 Å². The highest BCUT2D eigenvalue weighted by Gasteiger charge is 2.32. The van der Waals surface area contributed by atoms with Crippen LogP contribution in [0.15, 0.2) is 97.1 Å². The molecular formula is C88H150. The van der Waals surface area contributed by atoms with E-state index in [1.807, 2.05) is 55.4 Å². The zero-order chi connectivity index (χ0) is 71.1. The molecule has 0 heterocycles. The average Bonchev–Trinajstić information content (AvgIpc) is 3.58. The predicted molar refractivity (Wildman–Crippen MR) is 412 cm³/mol. The molecule has 0 saturated carbocycles. The zero-order valence-corrected chi connectivity index (χ0v) is 67.4. The Morgan fingerprint density at radius 2 is 0.477 bits per heavy atom. The lowest BCUT2D eigenvalue weighted by Crippen LogP contribution is -2.27. The molecule has 4 rings (SSSR count). The standard InChI is InChI=1S/C22H34.C20H32.C20H30.C18H30.4C2H6/c1-20(2,3)16-11-10-13-17-18(21(4,5)6)14-12-15-19(17)22(7,8)9;2*1-18(2,3)14-13-15-16(19(4,5)6)11-10-12-17(15)20(7,8)9;1-16(2,3)13-11-10-12-14(17(4,5)6)15(13)18(7,8)9;4*1-2/h10-16H,1-9H3;10-14H,1-9H3;10-12H,1-9H3;10-12H,1-9H3;4*1-2H3. The van der Waals surface area contributed by atoms with E-state index in [2.05, 4.69) is 370 Å². The highest BCUT2D eigenvalue weighted by Crippen LogP contribution is 2.42. The first kappa shape index (κ1) is 90.1. The fraction of sp³-hybridized carbons (Fsp3) is 0.636. The normalized spacial score (nSPS) is 12.8. The van der Waals surface area contributed by atoms with Gasteiger partial charge < -0.3 is 0 Å². The van der Waals surface area contributed by atoms with Crippen molar-refractivity contribution in [1.29, 1.82) is 0 Å². The Kier molecular flexibility index (Phi) is 36.9. The Labute approximate surface area is 554 Å². The van der Waals surface area contributed by atoms with Gasteiger partial charge in [-0.05, 0) is 142 Å². The van der Waals surface area contributed by atoms with E-state index >= 15 is 0 Å². The van der Waals surface area contributed by atoms with Gasteiger partial charge in [0, 0.05) is 11.0 Å². The van der Waals surface area contributed by atoms with Crippen LogP contribution in [0.25, 0.3) is 12.2 Å². The third-order valence-electron chi connectivity index (χ3n) is 13.8. The minimum atomic E-state index is 0.0279. The Morgan fingerprint density at radius 1 is 0.250 bits per heavy atom. The molecule has 0 aliphatic rings. The second-order valence-electron chi connectivity index (χ2n) is 35.5. The molecular weight excluding hydrogens is 1060 g/mol. The van der Waals surface area contributed by atoms with Crippen molar-refractivity contribution in [3.63, 3.8) is 0 Å². The fourth-order valence-corrected chi connectivity index (χ4v) is 9.73. The topological polar surface area (TPSA) is 0 Å². The number of hydrogen-bond acceptors (Lipinski definition) is 0. The fourth-order valence-electron chi connectivity index (χ4n) is 9.73. The maximum absolute atomic E-state index is 3.48. The molecule has 0 aliphatic carbocycles. The number of rotatable bonds is 3. The van der Waals surface area contributed by atoms with Crippen LogP contribution in [-0.2, 0) is 48.7 Å². The first-order chi connectivity index (χ1) is 39.3. The van der Waals surface area contributed by atoms with Gasteiger partial charge in [0.1, 0.15) is 0 Å². The third kappa shape index (κ3) is 33.6. The predicted octanol–water partition coefficient (Wildman–Crippen LogP) is 28.6. The maximum Gasteiger partial charge on any atom is 0.0320 e. The van der Waals surface area contributed by atoms with Crippen molar-refractivity contribution in [2.75, 3.05) is 0 Å². The van der Waals surface area contributed by atoms with E-state index in [0.717, 1.165) is 0 Å². The van der Waals surface area contributed by atoms with Crippen molar-refractivity contribution in [1.82, 2.24) is 0 Å². The number of allylic oxidation sites excluding steroid dienone is 4. The van der Waals surface area contributed by atoms with Crippen LogP contribution in [-0.4, -0.2) is 0 Å². The largest absolute Gasteiger partial charge is 0.0919 e. The lowest BCUT2D eigenvalue weighted by molar-refractivity contribution is 0.498. The SMILES string of the molecule is CC.CC.CC.CC.CC(C)(C)C#Cc1c(C(C)(C)C)cccc1C(C)(C)C.CC(C)(C)C=CC=Cc1c(C(C)(C)C)cccc1C(C)(C)C.CC(C)(C)C=Cc1c(C(C)(C)C)cccc1C(C)(C)C.CC(C)(C)c1cccc(C(C)(C)C)c1C(C)(C)C. The number of benzene rings is 4. The summed E-state index contributed by atoms with van der Waals surface area (Å²) in [4.78, 5) is 0. The van der Waals surface area contributed by atoms with Crippen molar-refractivity contribution < 1.29 is 0 Å². The van der Waals surface area contributed by atoms with Gasteiger partial charge >= 0.3 is 0 Å². The molecule has 88 heavy (non-hydrogen) atoms. The molecule has 502 valence electrons. The van der Waals surface area contributed by atoms with Crippen molar-refractivity contribution in [2.24, 2.45) is 16.2 Å². The van der Waals surface area contributed by atoms with Crippen LogP contribution in [0.2, 0.25) is 0 Å². The second kappa shape index (κ2) is 36.0. The summed E-state index contributed by atoms with van der Waals surface area (Å²) in [6.07, 6.45) is 13.5. The Morgan fingerprint density at radius 3 is 0.693 bits per heavy atom. The first-order valence-corrected chi connectivity index (χ1v) is 34.5. The van der Waals surface area contributed by atoms with E-state index in [9.17, 15) is 0 Å². The summed E-state index contributed by atoms with van der Waals surface area (Å²) in [5, 5.41) is 0. The summed E-state index contributed by atoms with van der Waals surface area (Å²) in [7, 11) is 0. The Balaban J connectivity index is -0.000000515. The van der Waals surface area contributed by atoms with Gasteiger partial charge in [0.25, 0.3) is 0 Å². The molecule has 0 bridgehead atoms. The molecule has 4 aromatic rings. The molecule has 0 radical (unpaired) electrons.